The Kier molecular flexibility index (Phi) is 3.66. The number of alkyl halides is 4. The van der Waals surface area contributed by atoms with Crippen molar-refractivity contribution in [1.82, 2.24) is 0 Å². The first-order valence-electron chi connectivity index (χ1n) is 5.06. The third-order valence-corrected chi connectivity index (χ3v) is 2.43. The van der Waals surface area contributed by atoms with E-state index in [-0.39, 0.29) is 5.92 Å². The summed E-state index contributed by atoms with van der Waals surface area (Å²) in [5, 5.41) is 0. The third-order valence-electron chi connectivity index (χ3n) is 2.43. The normalized spacial score (nSPS) is 30.3. The van der Waals surface area contributed by atoms with Gasteiger partial charge in [0.15, 0.2) is 11.8 Å². The van der Waals surface area contributed by atoms with E-state index in [1.165, 1.54) is 0 Å². The topological polar surface area (TPSA) is 9.23 Å². The lowest BCUT2D eigenvalue weighted by Gasteiger charge is -2.31. The third kappa shape index (κ3) is 3.52. The minimum Gasteiger partial charge on any atom is -0.277 e. The first kappa shape index (κ1) is 14.2. The SMILES string of the molecule is CC(C)C1=CC(C)(F)C(OC(F)(F)F)C(F)=C1. The van der Waals surface area contributed by atoms with Crippen LogP contribution in [0.25, 0.3) is 0 Å². The molecule has 0 saturated heterocycles. The van der Waals surface area contributed by atoms with Gasteiger partial charge in [0.25, 0.3) is 0 Å². The molecular weight excluding hydrogens is 243 g/mol. The van der Waals surface area contributed by atoms with E-state index < -0.39 is 24.0 Å². The van der Waals surface area contributed by atoms with Crippen molar-refractivity contribution in [2.45, 2.75) is 38.9 Å². The summed E-state index contributed by atoms with van der Waals surface area (Å²) in [4.78, 5) is 0. The van der Waals surface area contributed by atoms with Gasteiger partial charge in [0.05, 0.1) is 0 Å². The van der Waals surface area contributed by atoms with Gasteiger partial charge in [0, 0.05) is 0 Å². The van der Waals surface area contributed by atoms with Crippen LogP contribution in [0.1, 0.15) is 20.8 Å². The van der Waals surface area contributed by atoms with E-state index in [0.717, 1.165) is 19.1 Å². The molecule has 6 heteroatoms. The Labute approximate surface area is 95.9 Å². The van der Waals surface area contributed by atoms with Crippen LogP contribution in [0, 0.1) is 5.92 Å². The van der Waals surface area contributed by atoms with Gasteiger partial charge in [-0.1, -0.05) is 13.8 Å². The summed E-state index contributed by atoms with van der Waals surface area (Å²) >= 11 is 0. The predicted molar refractivity (Wildman–Crippen MR) is 52.6 cm³/mol. The smallest absolute Gasteiger partial charge is 0.277 e. The van der Waals surface area contributed by atoms with Crippen LogP contribution >= 0.6 is 0 Å². The van der Waals surface area contributed by atoms with Gasteiger partial charge in [-0.15, -0.1) is 13.2 Å². The van der Waals surface area contributed by atoms with Crippen LogP contribution in [0.4, 0.5) is 22.0 Å². The van der Waals surface area contributed by atoms with E-state index in [4.69, 9.17) is 0 Å². The van der Waals surface area contributed by atoms with E-state index in [0.29, 0.717) is 5.57 Å². The molecule has 0 saturated carbocycles. The minimum absolute atomic E-state index is 0.178. The second-order valence-electron chi connectivity index (χ2n) is 4.42. The van der Waals surface area contributed by atoms with Gasteiger partial charge in [-0.2, -0.15) is 0 Å². The van der Waals surface area contributed by atoms with Crippen molar-refractivity contribution in [2.75, 3.05) is 0 Å². The molecule has 0 aromatic rings. The van der Waals surface area contributed by atoms with Gasteiger partial charge in [0.1, 0.15) is 5.83 Å². The first-order chi connectivity index (χ1) is 7.53. The molecular formula is C11H13F5O. The summed E-state index contributed by atoms with van der Waals surface area (Å²) in [6.07, 6.45) is -5.49. The van der Waals surface area contributed by atoms with Gasteiger partial charge in [-0.25, -0.2) is 8.78 Å². The van der Waals surface area contributed by atoms with Crippen LogP contribution < -0.4 is 0 Å². The monoisotopic (exact) mass is 256 g/mol. The summed E-state index contributed by atoms with van der Waals surface area (Å²) in [6.45, 7) is 4.24. The zero-order valence-electron chi connectivity index (χ0n) is 9.61. The molecule has 0 N–H and O–H groups in total. The summed E-state index contributed by atoms with van der Waals surface area (Å²) < 4.78 is 66.9. The number of allylic oxidation sites excluding steroid dienone is 2. The Hall–Kier alpha value is -0.910. The molecule has 0 aromatic heterocycles. The predicted octanol–water partition coefficient (Wildman–Crippen LogP) is 4.07. The first-order valence-corrected chi connectivity index (χ1v) is 5.06. The zero-order chi connectivity index (χ0) is 13.4. The highest BCUT2D eigenvalue weighted by molar-refractivity contribution is 5.35. The minimum atomic E-state index is -5.08. The lowest BCUT2D eigenvalue weighted by Crippen LogP contribution is -2.42. The van der Waals surface area contributed by atoms with Crippen LogP contribution in [-0.2, 0) is 4.74 Å². The molecule has 1 aliphatic rings. The average molecular weight is 256 g/mol. The lowest BCUT2D eigenvalue weighted by molar-refractivity contribution is -0.348. The van der Waals surface area contributed by atoms with Crippen molar-refractivity contribution in [3.63, 3.8) is 0 Å². The average Bonchev–Trinajstić information content (AvgIpc) is 2.09. The van der Waals surface area contributed by atoms with Gasteiger partial charge < -0.3 is 0 Å². The van der Waals surface area contributed by atoms with Crippen LogP contribution in [0.15, 0.2) is 23.6 Å². The van der Waals surface area contributed by atoms with Crippen LogP contribution in [0.5, 0.6) is 0 Å². The number of hydrogen-bond donors (Lipinski definition) is 0. The van der Waals surface area contributed by atoms with Crippen LogP contribution in [-0.4, -0.2) is 18.1 Å². The fourth-order valence-corrected chi connectivity index (χ4v) is 1.59. The van der Waals surface area contributed by atoms with E-state index in [2.05, 4.69) is 4.74 Å². The molecule has 0 heterocycles. The van der Waals surface area contributed by atoms with E-state index in [1.54, 1.807) is 13.8 Å². The van der Waals surface area contributed by atoms with E-state index in [9.17, 15) is 22.0 Å². The Morgan fingerprint density at radius 1 is 1.35 bits per heavy atom. The maximum atomic E-state index is 13.9. The van der Waals surface area contributed by atoms with Crippen LogP contribution in [0.2, 0.25) is 0 Å². The zero-order valence-corrected chi connectivity index (χ0v) is 9.61. The molecule has 0 spiro atoms. The fraction of sp³-hybridized carbons (Fsp3) is 0.636. The molecule has 1 rings (SSSR count). The number of rotatable bonds is 2. The molecule has 0 aromatic carbocycles. The number of hydrogen-bond acceptors (Lipinski definition) is 1. The molecule has 17 heavy (non-hydrogen) atoms. The van der Waals surface area contributed by atoms with Gasteiger partial charge in [0.2, 0.25) is 0 Å². The van der Waals surface area contributed by atoms with Crippen molar-refractivity contribution >= 4 is 0 Å². The molecule has 1 aliphatic carbocycles. The van der Waals surface area contributed by atoms with Crippen molar-refractivity contribution in [2.24, 2.45) is 5.92 Å². The van der Waals surface area contributed by atoms with Gasteiger partial charge in [-0.05, 0) is 30.6 Å². The lowest BCUT2D eigenvalue weighted by atomic mass is 9.87. The highest BCUT2D eigenvalue weighted by Gasteiger charge is 2.46. The molecule has 0 aliphatic heterocycles. The molecule has 2 unspecified atom stereocenters. The molecule has 98 valence electrons. The summed E-state index contributed by atoms with van der Waals surface area (Å²) in [6, 6.07) is 0. The highest BCUT2D eigenvalue weighted by atomic mass is 19.4. The Bertz CT molecular complexity index is 351. The summed E-state index contributed by atoms with van der Waals surface area (Å²) in [5.41, 5.74) is -2.21. The summed E-state index contributed by atoms with van der Waals surface area (Å²) in [7, 11) is 0. The van der Waals surface area contributed by atoms with Crippen molar-refractivity contribution in [3.8, 4) is 0 Å². The number of halogens is 5. The Morgan fingerprint density at radius 3 is 2.24 bits per heavy atom. The molecule has 0 radical (unpaired) electrons. The van der Waals surface area contributed by atoms with Crippen molar-refractivity contribution in [3.05, 3.63) is 23.6 Å². The Morgan fingerprint density at radius 2 is 1.88 bits per heavy atom. The fourth-order valence-electron chi connectivity index (χ4n) is 1.59. The van der Waals surface area contributed by atoms with E-state index in [1.807, 2.05) is 0 Å². The van der Waals surface area contributed by atoms with Gasteiger partial charge in [-0.3, -0.25) is 4.74 Å². The van der Waals surface area contributed by atoms with Crippen molar-refractivity contribution in [1.29, 1.82) is 0 Å². The van der Waals surface area contributed by atoms with E-state index >= 15 is 0 Å². The maximum absolute atomic E-state index is 13.9. The molecule has 1 nitrogen and oxygen atoms in total. The van der Waals surface area contributed by atoms with Crippen LogP contribution in [0.3, 0.4) is 0 Å². The second kappa shape index (κ2) is 4.40. The maximum Gasteiger partial charge on any atom is 0.523 e. The molecule has 2 atom stereocenters. The quantitative estimate of drug-likeness (QED) is 0.677. The molecule has 0 bridgehead atoms. The number of ether oxygens (including phenoxy) is 1. The largest absolute Gasteiger partial charge is 0.523 e. The van der Waals surface area contributed by atoms with Crippen molar-refractivity contribution < 1.29 is 26.7 Å². The highest BCUT2D eigenvalue weighted by Crippen LogP contribution is 2.38. The standard InChI is InChI=1S/C11H13F5O/c1-6(2)7-4-8(12)9(10(3,13)5-7)17-11(14,15)16/h4-6,9H,1-3H3. The van der Waals surface area contributed by atoms with Gasteiger partial charge >= 0.3 is 6.36 Å². The molecule has 0 amide bonds. The molecule has 0 fully saturated rings. The Balaban J connectivity index is 3.02. The second-order valence-corrected chi connectivity index (χ2v) is 4.42. The summed E-state index contributed by atoms with van der Waals surface area (Å²) in [5.74, 6) is -1.43.